The van der Waals surface area contributed by atoms with Crippen molar-refractivity contribution < 1.29 is 393 Å². The van der Waals surface area contributed by atoms with Gasteiger partial charge in [0.15, 0.2) is 0 Å². The topological polar surface area (TPSA) is 215 Å². The van der Waals surface area contributed by atoms with Gasteiger partial charge in [0.25, 0.3) is 0 Å². The predicted molar refractivity (Wildman–Crippen MR) is 250 cm³/mol. The van der Waals surface area contributed by atoms with Crippen LogP contribution in [0.25, 0.3) is 0 Å². The molecule has 0 radical (unpaired) electrons. The molecular weight excluding hydrogens is 2460 g/mol. The molecule has 0 amide bonds. The third kappa shape index (κ3) is 15.7. The number of rotatable bonds is 39. The van der Waals surface area contributed by atoms with Gasteiger partial charge in [-0.25, -0.2) is 0 Å². The van der Waals surface area contributed by atoms with Gasteiger partial charge in [-0.15, -0.1) is 0 Å². The Balaban J connectivity index is 15.1. The van der Waals surface area contributed by atoms with E-state index in [4.69, 9.17) is 0 Å². The van der Waals surface area contributed by atoms with E-state index >= 15 is 158 Å². The van der Waals surface area contributed by atoms with Crippen molar-refractivity contribution in [2.75, 3.05) is 0 Å². The molecule has 0 aliphatic carbocycles. The van der Waals surface area contributed by atoms with Gasteiger partial charge >= 0.3 is 690 Å². The summed E-state index contributed by atoms with van der Waals surface area (Å²) in [4.78, 5) is 0. The second kappa shape index (κ2) is 32.2. The molecule has 0 saturated heterocycles. The van der Waals surface area contributed by atoms with Gasteiger partial charge in [-0.3, -0.25) is 0 Å². The van der Waals surface area contributed by atoms with Crippen molar-refractivity contribution in [2.24, 2.45) is 0 Å². The maximum absolute atomic E-state index is 17.8. The van der Waals surface area contributed by atoms with Crippen molar-refractivity contribution in [1.82, 2.24) is 5.61 Å². The molecule has 0 bridgehead atoms. The fourth-order valence-electron chi connectivity index (χ4n) is 7.23. The van der Waals surface area contributed by atoms with E-state index in [2.05, 4.69) is 0 Å². The summed E-state index contributed by atoms with van der Waals surface area (Å²) in [6.07, 6.45) is -59.6. The van der Waals surface area contributed by atoms with Gasteiger partial charge in [-0.1, -0.05) is 0 Å². The van der Waals surface area contributed by atoms with Crippen LogP contribution in [0.3, 0.4) is 0 Å². The Bertz CT molecular complexity index is 4360. The molecular formula is C36F78N3O12S6Sb. The molecule has 0 spiro atoms. The summed E-state index contributed by atoms with van der Waals surface area (Å²) in [7, 11) is -91.4. The van der Waals surface area contributed by atoms with Crippen molar-refractivity contribution in [3.05, 3.63) is 0 Å². The number of halogens is 78. The summed E-state index contributed by atoms with van der Waals surface area (Å²) >= 11 is -17.8. The van der Waals surface area contributed by atoms with Gasteiger partial charge in [0.05, 0.1) is 0 Å². The van der Waals surface area contributed by atoms with Gasteiger partial charge in [0.1, 0.15) is 0 Å². The van der Waals surface area contributed by atoms with Crippen molar-refractivity contribution in [2.45, 2.75) is 211 Å². The van der Waals surface area contributed by atoms with E-state index in [-0.39, 0.29) is 0 Å². The fraction of sp³-hybridized carbons (Fsp3) is 1.00. The van der Waals surface area contributed by atoms with E-state index in [1.807, 2.05) is 0 Å². The monoisotopic (exact) mass is 2460 g/mol. The van der Waals surface area contributed by atoms with Crippen LogP contribution in [-0.2, 0) is 60.1 Å². The van der Waals surface area contributed by atoms with Crippen LogP contribution >= 0.6 is 0 Å². The van der Waals surface area contributed by atoms with Crippen LogP contribution in [0.4, 0.5) is 342 Å². The molecule has 136 heavy (non-hydrogen) atoms. The SMILES string of the molecule is O=S(=O)([N]([Sb]([N](S(=O)(=O)C(F)(F)C(F)(F)C(F)(F)C(F)(F)C(F)(F)C(F)(F)F)S(=O)(=O)C(F)(F)C(F)(F)C(F)(F)C(F)(F)C(F)(F)C(F)(F)F)[N](S(=O)(=O)C(F)(F)C(F)(F)C(F)(F)C(F)(F)C(F)(F)C(F)(F)F)S(=O)(=O)C(F)(F)C(F)(F)C(F)(F)C(F)(F)C(F)(F)C(F)(F)F)S(=O)(=O)C(F)(F)C(F)(F)C(F)(F)C(F)(F)C(F)(F)C(F)(F)F)C(F)(F)C(F)(F)C(F)(F)C(F)(F)C(F)(F)C(F)(F)F. The van der Waals surface area contributed by atoms with E-state index in [0.717, 1.165) is 0 Å². The number of nitrogens with zero attached hydrogens (tertiary/aromatic N) is 3. The summed E-state index contributed by atoms with van der Waals surface area (Å²) in [5.74, 6) is -280. The van der Waals surface area contributed by atoms with Gasteiger partial charge in [0.2, 0.25) is 0 Å². The molecule has 0 saturated carbocycles. The van der Waals surface area contributed by atoms with Gasteiger partial charge < -0.3 is 0 Å². The first-order chi connectivity index (χ1) is 56.7. The summed E-state index contributed by atoms with van der Waals surface area (Å²) < 4.78 is 1290. The summed E-state index contributed by atoms with van der Waals surface area (Å²) in [5, 5.41) is -78.7. The second-order valence-electron chi connectivity index (χ2n) is 23.7. The third-order valence-corrected chi connectivity index (χ3v) is 45.9. The molecule has 0 rings (SSSR count). The Morgan fingerprint density at radius 3 is 0.221 bits per heavy atom. The normalized spacial score (nSPS) is 17.5. The van der Waals surface area contributed by atoms with E-state index in [1.54, 1.807) is 0 Å². The number of alkyl halides is 78. The number of hydrogen-bond acceptors (Lipinski definition) is 12. The van der Waals surface area contributed by atoms with Crippen LogP contribution < -0.4 is 0 Å². The molecule has 0 fully saturated rings. The first kappa shape index (κ1) is 131. The minimum atomic E-state index is -17.8. The summed E-state index contributed by atoms with van der Waals surface area (Å²) in [6, 6.07) is 0. The molecule has 0 aromatic rings. The Morgan fingerprint density at radius 2 is 0.162 bits per heavy atom. The van der Waals surface area contributed by atoms with Crippen molar-refractivity contribution in [3.63, 3.8) is 0 Å². The Hall–Kier alpha value is -5.06. The molecule has 0 heterocycles. The Labute approximate surface area is 689 Å². The zero-order chi connectivity index (χ0) is 113. The maximum atomic E-state index is 16.6. The minimum absolute atomic E-state index is 9.03. The average molecular weight is 2460 g/mol. The first-order valence-corrected chi connectivity index (χ1v) is 39.2. The van der Waals surface area contributed by atoms with Crippen LogP contribution in [0.1, 0.15) is 0 Å². The van der Waals surface area contributed by atoms with Crippen LogP contribution in [0.5, 0.6) is 0 Å². The van der Waals surface area contributed by atoms with Crippen LogP contribution in [0, 0.1) is 0 Å². The quantitative estimate of drug-likeness (QED) is 0.0415. The molecule has 15 nitrogen and oxygen atoms in total. The van der Waals surface area contributed by atoms with Gasteiger partial charge in [0, 0.05) is 0 Å². The van der Waals surface area contributed by atoms with E-state index < -0.39 is 298 Å². The van der Waals surface area contributed by atoms with Crippen LogP contribution in [0.15, 0.2) is 0 Å². The molecule has 0 aromatic heterocycles. The first-order valence-electron chi connectivity index (χ1n) is 27.2. The average Bonchev–Trinajstić information content (AvgIpc) is 0.654. The van der Waals surface area contributed by atoms with Crippen molar-refractivity contribution in [3.8, 4) is 0 Å². The standard InChI is InChI=1S/3C12F26NO4S2.Sb/c3*13-1(14,5(21,22)9(29,30)31)3(17,18)7(25,26)11(35,36)44(40,41)39-45(42,43)12(37,38)8(27,28)4(19,20)2(15,16)6(23,24)10(32,33)34;/q3*-1;+3. The predicted octanol–water partition coefficient (Wildman–Crippen LogP) is 20.0. The molecule has 0 unspecified atom stereocenters. The van der Waals surface area contributed by atoms with E-state index in [0.29, 0.717) is 0 Å². The molecule has 818 valence electrons. The van der Waals surface area contributed by atoms with E-state index in [1.165, 1.54) is 0 Å². The molecule has 0 N–H and O–H groups in total. The van der Waals surface area contributed by atoms with Crippen LogP contribution in [0.2, 0.25) is 0 Å². The second-order valence-corrected chi connectivity index (χ2v) is 45.2. The van der Waals surface area contributed by atoms with Gasteiger partial charge in [-0.2, -0.15) is 0 Å². The van der Waals surface area contributed by atoms with E-state index in [9.17, 15) is 235 Å². The summed E-state index contributed by atoms with van der Waals surface area (Å²) in [6.45, 7) is 0. The van der Waals surface area contributed by atoms with Crippen molar-refractivity contribution >= 4 is 81.2 Å². The number of hydrogen-bond donors (Lipinski definition) is 0. The Kier molecular flexibility index (Phi) is 31.0. The van der Waals surface area contributed by atoms with Gasteiger partial charge in [-0.05, 0) is 0 Å². The molecule has 0 atom stereocenters. The summed E-state index contributed by atoms with van der Waals surface area (Å²) in [5.41, 5.74) is 0. The zero-order valence-electron chi connectivity index (χ0n) is 56.6. The third-order valence-electron chi connectivity index (χ3n) is 15.0. The molecule has 100 heteroatoms. The molecule has 0 aliphatic heterocycles. The van der Waals surface area contributed by atoms with Crippen LogP contribution in [-0.4, -0.2) is 288 Å². The fourth-order valence-corrected chi connectivity index (χ4v) is 42.8. The number of sulfonamides is 6. The molecule has 0 aliphatic rings. The zero-order valence-corrected chi connectivity index (χ0v) is 64.1. The van der Waals surface area contributed by atoms with Crippen molar-refractivity contribution in [1.29, 1.82) is 0 Å². The Morgan fingerprint density at radius 1 is 0.103 bits per heavy atom. The molecule has 0 aromatic carbocycles.